The van der Waals surface area contributed by atoms with E-state index in [1.807, 2.05) is 30.3 Å². The third-order valence-electron chi connectivity index (χ3n) is 7.98. The first-order valence-electron chi connectivity index (χ1n) is 14.8. The summed E-state index contributed by atoms with van der Waals surface area (Å²) in [5.74, 6) is -1.42. The van der Waals surface area contributed by atoms with Gasteiger partial charge in [-0.05, 0) is 60.8 Å². The fourth-order valence-electron chi connectivity index (χ4n) is 5.59. The molecule has 1 fully saturated rings. The molecule has 5 rings (SSSR count). The highest BCUT2D eigenvalue weighted by Gasteiger charge is 2.41. The maximum absolute atomic E-state index is 14.0. The van der Waals surface area contributed by atoms with Crippen molar-refractivity contribution in [3.8, 4) is 0 Å². The van der Waals surface area contributed by atoms with E-state index in [4.69, 9.17) is 38.1 Å². The number of nitrogens with two attached hydrogens (primary N) is 1. The number of halogens is 2. The zero-order valence-corrected chi connectivity index (χ0v) is 25.8. The van der Waals surface area contributed by atoms with Gasteiger partial charge in [0.05, 0.1) is 25.2 Å². The third-order valence-corrected chi connectivity index (χ3v) is 8.60. The average Bonchev–Trinajstić information content (AvgIpc) is 3.66. The van der Waals surface area contributed by atoms with Gasteiger partial charge in [0.2, 0.25) is 11.7 Å². The first kappa shape index (κ1) is 31.9. The van der Waals surface area contributed by atoms with Crippen LogP contribution in [0.2, 0.25) is 10.0 Å². The molecule has 2 heterocycles. The van der Waals surface area contributed by atoms with Crippen LogP contribution in [0.4, 0.5) is 0 Å². The topological polar surface area (TPSA) is 116 Å². The van der Waals surface area contributed by atoms with Crippen LogP contribution in [0.5, 0.6) is 0 Å². The van der Waals surface area contributed by atoms with Crippen LogP contribution in [-0.4, -0.2) is 52.6 Å². The van der Waals surface area contributed by atoms with Crippen LogP contribution >= 0.6 is 23.2 Å². The molecule has 0 radical (unpaired) electrons. The summed E-state index contributed by atoms with van der Waals surface area (Å²) in [6.07, 6.45) is 1.82. The summed E-state index contributed by atoms with van der Waals surface area (Å²) in [6, 6.07) is 20.9. The van der Waals surface area contributed by atoms with Crippen molar-refractivity contribution in [2.24, 2.45) is 11.7 Å². The number of unbranched alkanes of at least 4 members (excludes halogenated alkanes) is 1. The van der Waals surface area contributed by atoms with Crippen molar-refractivity contribution in [2.75, 3.05) is 13.1 Å². The standard InChI is InChI=1S/C34H35Cl2N3O5/c35-25-14-12-22(13-15-25)21-43-26-19-29(39(20-26)32(41)18-23-7-1-2-9-27(23)36)30(40)17-24(8-5-6-16-37)33(42)34-38-28-10-3-4-11-31(28)44-34/h1-4,7,9-15,24,26,29H,5-6,8,16-21,37H2/t24-,26-,29+/m1/s1. The molecule has 1 aliphatic heterocycles. The van der Waals surface area contributed by atoms with E-state index < -0.39 is 12.0 Å². The number of carbonyl (C=O) groups excluding carboxylic acids is 3. The second-order valence-electron chi connectivity index (χ2n) is 11.1. The molecule has 0 bridgehead atoms. The van der Waals surface area contributed by atoms with E-state index in [9.17, 15) is 14.4 Å². The van der Waals surface area contributed by atoms with Gasteiger partial charge < -0.3 is 19.8 Å². The van der Waals surface area contributed by atoms with E-state index in [2.05, 4.69) is 4.98 Å². The predicted molar refractivity (Wildman–Crippen MR) is 170 cm³/mol. The van der Waals surface area contributed by atoms with E-state index in [0.717, 1.165) is 12.0 Å². The van der Waals surface area contributed by atoms with Crippen LogP contribution in [-0.2, 0) is 27.4 Å². The minimum Gasteiger partial charge on any atom is -0.434 e. The minimum atomic E-state index is -0.742. The highest BCUT2D eigenvalue weighted by molar-refractivity contribution is 6.31. The SMILES string of the molecule is NCCCC[C@H](CC(=O)[C@@H]1C[C@@H](OCc2ccc(Cl)cc2)CN1C(=O)Cc1ccccc1Cl)C(=O)c1nc2ccccc2o1. The summed E-state index contributed by atoms with van der Waals surface area (Å²) >= 11 is 12.4. The number of carbonyl (C=O) groups is 3. The Morgan fingerprint density at radius 1 is 1.00 bits per heavy atom. The maximum atomic E-state index is 14.0. The summed E-state index contributed by atoms with van der Waals surface area (Å²) < 4.78 is 11.9. The number of ketones is 2. The van der Waals surface area contributed by atoms with Gasteiger partial charge in [-0.25, -0.2) is 4.98 Å². The van der Waals surface area contributed by atoms with Crippen molar-refractivity contribution in [1.29, 1.82) is 0 Å². The van der Waals surface area contributed by atoms with E-state index >= 15 is 0 Å². The van der Waals surface area contributed by atoms with Gasteiger partial charge in [-0.1, -0.05) is 72.1 Å². The van der Waals surface area contributed by atoms with Crippen molar-refractivity contribution in [3.05, 3.63) is 99.9 Å². The van der Waals surface area contributed by atoms with Crippen LogP contribution in [0.1, 0.15) is 53.9 Å². The molecule has 4 aromatic rings. The number of amides is 1. The number of aromatic nitrogens is 1. The molecule has 2 N–H and O–H groups in total. The van der Waals surface area contributed by atoms with Crippen molar-refractivity contribution < 1.29 is 23.5 Å². The van der Waals surface area contributed by atoms with Gasteiger partial charge in [0, 0.05) is 35.3 Å². The fourth-order valence-corrected chi connectivity index (χ4v) is 5.92. The van der Waals surface area contributed by atoms with Crippen LogP contribution in [0.25, 0.3) is 11.1 Å². The lowest BCUT2D eigenvalue weighted by Crippen LogP contribution is -2.42. The Morgan fingerprint density at radius 2 is 1.75 bits per heavy atom. The van der Waals surface area contributed by atoms with Gasteiger partial charge in [-0.15, -0.1) is 0 Å². The number of hydrogen-bond acceptors (Lipinski definition) is 7. The number of rotatable bonds is 14. The molecule has 10 heteroatoms. The lowest BCUT2D eigenvalue weighted by atomic mass is 9.89. The molecular weight excluding hydrogens is 601 g/mol. The smallest absolute Gasteiger partial charge is 0.264 e. The lowest BCUT2D eigenvalue weighted by molar-refractivity contribution is -0.137. The summed E-state index contributed by atoms with van der Waals surface area (Å²) in [5.41, 5.74) is 8.42. The zero-order valence-electron chi connectivity index (χ0n) is 24.3. The number of Topliss-reactive ketones (excluding diaryl/α,β-unsaturated/α-hetero) is 2. The van der Waals surface area contributed by atoms with Gasteiger partial charge in [0.15, 0.2) is 11.4 Å². The number of likely N-dealkylation sites (tertiary alicyclic amines) is 1. The van der Waals surface area contributed by atoms with Crippen LogP contribution in [0.3, 0.4) is 0 Å². The summed E-state index contributed by atoms with van der Waals surface area (Å²) in [7, 11) is 0. The van der Waals surface area contributed by atoms with Gasteiger partial charge >= 0.3 is 0 Å². The summed E-state index contributed by atoms with van der Waals surface area (Å²) in [4.78, 5) is 47.2. The van der Waals surface area contributed by atoms with E-state index in [1.54, 1.807) is 47.4 Å². The monoisotopic (exact) mass is 635 g/mol. The summed E-state index contributed by atoms with van der Waals surface area (Å²) in [5, 5.41) is 1.12. The largest absolute Gasteiger partial charge is 0.434 e. The van der Waals surface area contributed by atoms with Crippen molar-refractivity contribution in [2.45, 2.75) is 57.3 Å². The molecule has 1 saturated heterocycles. The minimum absolute atomic E-state index is 0.0148. The molecule has 0 spiro atoms. The number of oxazole rings is 1. The highest BCUT2D eigenvalue weighted by atomic mass is 35.5. The molecule has 3 aromatic carbocycles. The van der Waals surface area contributed by atoms with Crippen LogP contribution in [0, 0.1) is 5.92 Å². The van der Waals surface area contributed by atoms with Gasteiger partial charge in [-0.3, -0.25) is 14.4 Å². The number of ether oxygens (including phenoxy) is 1. The van der Waals surface area contributed by atoms with E-state index in [-0.39, 0.29) is 48.9 Å². The second-order valence-corrected chi connectivity index (χ2v) is 12.0. The van der Waals surface area contributed by atoms with Crippen LogP contribution in [0.15, 0.2) is 77.2 Å². The molecule has 0 saturated carbocycles. The van der Waals surface area contributed by atoms with Gasteiger partial charge in [-0.2, -0.15) is 0 Å². The molecule has 44 heavy (non-hydrogen) atoms. The van der Waals surface area contributed by atoms with Crippen LogP contribution < -0.4 is 5.73 Å². The quantitative estimate of drug-likeness (QED) is 0.125. The molecular formula is C34H35Cl2N3O5. The van der Waals surface area contributed by atoms with E-state index in [0.29, 0.717) is 59.1 Å². The Morgan fingerprint density at radius 3 is 2.50 bits per heavy atom. The average molecular weight is 637 g/mol. The zero-order chi connectivity index (χ0) is 31.1. The van der Waals surface area contributed by atoms with Gasteiger partial charge in [0.25, 0.3) is 5.89 Å². The number of hydrogen-bond donors (Lipinski definition) is 1. The fraction of sp³-hybridized carbons (Fsp3) is 0.353. The van der Waals surface area contributed by atoms with Crippen molar-refractivity contribution >= 4 is 51.8 Å². The molecule has 1 aliphatic rings. The number of benzene rings is 3. The highest BCUT2D eigenvalue weighted by Crippen LogP contribution is 2.29. The Bertz CT molecular complexity index is 1570. The number of para-hydroxylation sites is 2. The number of nitrogens with zero attached hydrogens (tertiary/aromatic N) is 2. The maximum Gasteiger partial charge on any atom is 0.264 e. The second kappa shape index (κ2) is 14.9. The molecule has 1 aromatic heterocycles. The first-order valence-corrected chi connectivity index (χ1v) is 15.6. The molecule has 230 valence electrons. The Hall–Kier alpha value is -3.56. The molecule has 8 nitrogen and oxygen atoms in total. The Labute approximate surface area is 266 Å². The molecule has 1 amide bonds. The molecule has 3 atom stereocenters. The third kappa shape index (κ3) is 7.93. The first-order chi connectivity index (χ1) is 21.3. The predicted octanol–water partition coefficient (Wildman–Crippen LogP) is 6.45. The molecule has 0 unspecified atom stereocenters. The number of fused-ring (bicyclic) bond motifs is 1. The van der Waals surface area contributed by atoms with Gasteiger partial charge in [0.1, 0.15) is 5.52 Å². The normalized spacial score (nSPS) is 17.2. The Kier molecular flexibility index (Phi) is 10.8. The van der Waals surface area contributed by atoms with Crippen molar-refractivity contribution in [3.63, 3.8) is 0 Å². The summed E-state index contributed by atoms with van der Waals surface area (Å²) in [6.45, 7) is 1.05. The van der Waals surface area contributed by atoms with E-state index in [1.165, 1.54) is 0 Å². The Balaban J connectivity index is 1.34. The molecule has 0 aliphatic carbocycles. The van der Waals surface area contributed by atoms with Crippen molar-refractivity contribution in [1.82, 2.24) is 9.88 Å². The lowest BCUT2D eigenvalue weighted by Gasteiger charge is -2.25.